The molecule has 0 spiro atoms. The molecule has 0 unspecified atom stereocenters. The first kappa shape index (κ1) is 16.2. The number of benzene rings is 1. The molecule has 1 saturated heterocycles. The van der Waals surface area contributed by atoms with Gasteiger partial charge < -0.3 is 19.7 Å². The van der Waals surface area contributed by atoms with E-state index in [0.717, 1.165) is 18.8 Å². The lowest BCUT2D eigenvalue weighted by Gasteiger charge is -2.28. The lowest BCUT2D eigenvalue weighted by molar-refractivity contribution is -0.118. The Morgan fingerprint density at radius 3 is 2.75 bits per heavy atom. The average molecular weight is 331 g/mol. The van der Waals surface area contributed by atoms with Gasteiger partial charge in [-0.1, -0.05) is 12.1 Å². The van der Waals surface area contributed by atoms with E-state index >= 15 is 0 Å². The van der Waals surface area contributed by atoms with E-state index in [-0.39, 0.29) is 12.4 Å². The minimum absolute atomic E-state index is 0.0447. The summed E-state index contributed by atoms with van der Waals surface area (Å²) in [4.78, 5) is 18.3. The molecule has 24 heavy (non-hydrogen) atoms. The van der Waals surface area contributed by atoms with Crippen molar-refractivity contribution in [1.82, 2.24) is 4.98 Å². The van der Waals surface area contributed by atoms with Crippen LogP contribution < -0.4 is 15.0 Å². The fourth-order valence-electron chi connectivity index (χ4n) is 2.35. The number of nitrogens with zero attached hydrogens (tertiary/aromatic N) is 2. The number of pyridine rings is 1. The van der Waals surface area contributed by atoms with Crippen LogP contribution in [0.15, 0.2) is 42.6 Å². The number of halogens is 1. The molecule has 126 valence electrons. The zero-order chi connectivity index (χ0) is 16.8. The number of ether oxygens (including phenoxy) is 2. The van der Waals surface area contributed by atoms with Crippen molar-refractivity contribution < 1.29 is 18.7 Å². The minimum atomic E-state index is -0.502. The SMILES string of the molecule is O=C(COc1ccccc1F)Nc1ccc(N2CCOCC2)cn1. The maximum absolute atomic E-state index is 13.4. The van der Waals surface area contributed by atoms with E-state index in [1.54, 1.807) is 24.4 Å². The Kier molecular flexibility index (Phi) is 5.22. The highest BCUT2D eigenvalue weighted by Gasteiger charge is 2.12. The summed E-state index contributed by atoms with van der Waals surface area (Å²) in [7, 11) is 0. The fourth-order valence-corrected chi connectivity index (χ4v) is 2.35. The quantitative estimate of drug-likeness (QED) is 0.909. The van der Waals surface area contributed by atoms with Crippen molar-refractivity contribution in [2.45, 2.75) is 0 Å². The summed E-state index contributed by atoms with van der Waals surface area (Å²) < 4.78 is 23.9. The van der Waals surface area contributed by atoms with Gasteiger partial charge in [0.25, 0.3) is 5.91 Å². The smallest absolute Gasteiger partial charge is 0.263 e. The van der Waals surface area contributed by atoms with Crippen molar-refractivity contribution in [1.29, 1.82) is 0 Å². The van der Waals surface area contributed by atoms with Gasteiger partial charge in [0.05, 0.1) is 25.1 Å². The largest absolute Gasteiger partial charge is 0.481 e. The first-order chi connectivity index (χ1) is 11.7. The summed E-state index contributed by atoms with van der Waals surface area (Å²) in [5.41, 5.74) is 0.985. The third kappa shape index (κ3) is 4.20. The molecule has 3 rings (SSSR count). The number of anilines is 2. The van der Waals surface area contributed by atoms with Crippen molar-refractivity contribution in [3.63, 3.8) is 0 Å². The second kappa shape index (κ2) is 7.74. The third-order valence-corrected chi connectivity index (χ3v) is 3.59. The molecule has 0 saturated carbocycles. The molecule has 0 atom stereocenters. The first-order valence-corrected chi connectivity index (χ1v) is 7.68. The fraction of sp³-hybridized carbons (Fsp3) is 0.294. The van der Waals surface area contributed by atoms with Crippen molar-refractivity contribution >= 4 is 17.4 Å². The van der Waals surface area contributed by atoms with E-state index in [0.29, 0.717) is 19.0 Å². The molecule has 0 bridgehead atoms. The molecule has 0 aliphatic carbocycles. The number of hydrogen-bond acceptors (Lipinski definition) is 5. The molecule has 1 aromatic heterocycles. The summed E-state index contributed by atoms with van der Waals surface area (Å²) in [5, 5.41) is 2.62. The Balaban J connectivity index is 1.52. The number of carbonyl (C=O) groups is 1. The maximum Gasteiger partial charge on any atom is 0.263 e. The topological polar surface area (TPSA) is 63.7 Å². The standard InChI is InChI=1S/C17H18FN3O3/c18-14-3-1-2-4-15(14)24-12-17(22)20-16-6-5-13(11-19-16)21-7-9-23-10-8-21/h1-6,11H,7-10,12H2,(H,19,20,22). The van der Waals surface area contributed by atoms with Crippen LogP contribution in [-0.2, 0) is 9.53 Å². The number of carbonyl (C=O) groups excluding carboxylic acids is 1. The molecule has 7 heteroatoms. The Hall–Kier alpha value is -2.67. The molecule has 1 N–H and O–H groups in total. The van der Waals surface area contributed by atoms with Crippen LogP contribution in [0.3, 0.4) is 0 Å². The third-order valence-electron chi connectivity index (χ3n) is 3.59. The lowest BCUT2D eigenvalue weighted by atomic mass is 10.3. The van der Waals surface area contributed by atoms with Crippen molar-refractivity contribution in [3.05, 3.63) is 48.4 Å². The van der Waals surface area contributed by atoms with E-state index < -0.39 is 11.7 Å². The highest BCUT2D eigenvalue weighted by atomic mass is 19.1. The molecular weight excluding hydrogens is 313 g/mol. The van der Waals surface area contributed by atoms with Gasteiger partial charge in [-0.15, -0.1) is 0 Å². The van der Waals surface area contributed by atoms with Crippen molar-refractivity contribution in [3.8, 4) is 5.75 Å². The van der Waals surface area contributed by atoms with E-state index in [1.165, 1.54) is 12.1 Å². The van der Waals surface area contributed by atoms with E-state index in [4.69, 9.17) is 9.47 Å². The number of para-hydroxylation sites is 1. The molecule has 1 amide bonds. The number of hydrogen-bond donors (Lipinski definition) is 1. The van der Waals surface area contributed by atoms with Gasteiger partial charge in [-0.05, 0) is 24.3 Å². The number of amides is 1. The zero-order valence-electron chi connectivity index (χ0n) is 13.1. The number of morpholine rings is 1. The monoisotopic (exact) mass is 331 g/mol. The maximum atomic E-state index is 13.4. The van der Waals surface area contributed by atoms with Crippen LogP contribution in [-0.4, -0.2) is 43.8 Å². The summed E-state index contributed by atoms with van der Waals surface area (Å²) >= 11 is 0. The highest BCUT2D eigenvalue weighted by molar-refractivity contribution is 5.91. The molecule has 6 nitrogen and oxygen atoms in total. The second-order valence-electron chi connectivity index (χ2n) is 5.27. The molecule has 1 aliphatic rings. The van der Waals surface area contributed by atoms with Crippen molar-refractivity contribution in [2.75, 3.05) is 43.1 Å². The van der Waals surface area contributed by atoms with Crippen LogP contribution in [0, 0.1) is 5.82 Å². The van der Waals surface area contributed by atoms with E-state index in [9.17, 15) is 9.18 Å². The molecule has 0 radical (unpaired) electrons. The predicted molar refractivity (Wildman–Crippen MR) is 87.8 cm³/mol. The lowest BCUT2D eigenvalue weighted by Crippen LogP contribution is -2.36. The summed E-state index contributed by atoms with van der Waals surface area (Å²) in [5.74, 6) is -0.430. The van der Waals surface area contributed by atoms with Gasteiger partial charge in [0.2, 0.25) is 0 Å². The zero-order valence-corrected chi connectivity index (χ0v) is 13.1. The number of nitrogens with one attached hydrogen (secondary N) is 1. The summed E-state index contributed by atoms with van der Waals surface area (Å²) in [6.07, 6.45) is 1.71. The van der Waals surface area contributed by atoms with Crippen LogP contribution in [0.25, 0.3) is 0 Å². The molecule has 1 fully saturated rings. The Labute approximate surface area is 139 Å². The van der Waals surface area contributed by atoms with Gasteiger partial charge in [-0.3, -0.25) is 4.79 Å². The molecule has 2 aromatic rings. The number of rotatable bonds is 5. The molecule has 1 aromatic carbocycles. The summed E-state index contributed by atoms with van der Waals surface area (Å²) in [6.45, 7) is 2.76. The van der Waals surface area contributed by atoms with Crippen LogP contribution in [0.2, 0.25) is 0 Å². The van der Waals surface area contributed by atoms with Gasteiger partial charge in [-0.25, -0.2) is 9.37 Å². The predicted octanol–water partition coefficient (Wildman–Crippen LogP) is 2.07. The van der Waals surface area contributed by atoms with Gasteiger partial charge in [-0.2, -0.15) is 0 Å². The van der Waals surface area contributed by atoms with Gasteiger partial charge >= 0.3 is 0 Å². The second-order valence-corrected chi connectivity index (χ2v) is 5.27. The first-order valence-electron chi connectivity index (χ1n) is 7.68. The highest BCUT2D eigenvalue weighted by Crippen LogP contribution is 2.17. The van der Waals surface area contributed by atoms with E-state index in [2.05, 4.69) is 15.2 Å². The van der Waals surface area contributed by atoms with Gasteiger partial charge in [0, 0.05) is 13.1 Å². The Bertz CT molecular complexity index is 688. The van der Waals surface area contributed by atoms with Crippen LogP contribution in [0.1, 0.15) is 0 Å². The molecule has 1 aliphatic heterocycles. The molecule has 2 heterocycles. The van der Waals surface area contributed by atoms with Gasteiger partial charge in [0.1, 0.15) is 5.82 Å². The Morgan fingerprint density at radius 1 is 1.25 bits per heavy atom. The van der Waals surface area contributed by atoms with Crippen LogP contribution in [0.4, 0.5) is 15.9 Å². The number of aromatic nitrogens is 1. The van der Waals surface area contributed by atoms with Gasteiger partial charge in [0.15, 0.2) is 18.2 Å². The minimum Gasteiger partial charge on any atom is -0.481 e. The van der Waals surface area contributed by atoms with Crippen LogP contribution >= 0.6 is 0 Å². The Morgan fingerprint density at radius 2 is 2.04 bits per heavy atom. The van der Waals surface area contributed by atoms with Crippen LogP contribution in [0.5, 0.6) is 5.75 Å². The summed E-state index contributed by atoms with van der Waals surface area (Å²) in [6, 6.07) is 9.57. The normalized spacial score (nSPS) is 14.3. The van der Waals surface area contributed by atoms with E-state index in [1.807, 2.05) is 6.07 Å². The average Bonchev–Trinajstić information content (AvgIpc) is 2.62. The molecular formula is C17H18FN3O3. The van der Waals surface area contributed by atoms with Crippen molar-refractivity contribution in [2.24, 2.45) is 0 Å².